The van der Waals surface area contributed by atoms with Crippen molar-refractivity contribution in [1.82, 2.24) is 0 Å². The first-order valence-electron chi connectivity index (χ1n) is 4.55. The summed E-state index contributed by atoms with van der Waals surface area (Å²) in [6.07, 6.45) is -3.12. The lowest BCUT2D eigenvalue weighted by Gasteiger charge is -2.29. The summed E-state index contributed by atoms with van der Waals surface area (Å²) in [5.41, 5.74) is 3.82. The Balaban J connectivity index is 4.69. The number of nitrogens with two attached hydrogens (primary N) is 1. The molecule has 0 fully saturated rings. The number of halogens is 2. The van der Waals surface area contributed by atoms with Crippen molar-refractivity contribution in [1.29, 1.82) is 0 Å². The Bertz CT molecular complexity index is 185. The van der Waals surface area contributed by atoms with Gasteiger partial charge in [-0.15, -0.1) is 0 Å². The predicted molar refractivity (Wildman–Crippen MR) is 49.2 cm³/mol. The summed E-state index contributed by atoms with van der Waals surface area (Å²) in [4.78, 5) is 10.9. The number of carbonyl (C=O) groups is 1. The molecule has 3 N–H and O–H groups in total. The van der Waals surface area contributed by atoms with E-state index in [0.717, 1.165) is 0 Å². The molecule has 0 aliphatic rings. The zero-order valence-electron chi connectivity index (χ0n) is 8.46. The Morgan fingerprint density at radius 3 is 2.14 bits per heavy atom. The van der Waals surface area contributed by atoms with Gasteiger partial charge in [-0.25, -0.2) is 8.78 Å². The van der Waals surface area contributed by atoms with Crippen molar-refractivity contribution < 1.29 is 18.7 Å². The Hall–Kier alpha value is -0.710. The number of hydrogen-bond donors (Lipinski definition) is 2. The molecule has 14 heavy (non-hydrogen) atoms. The second kappa shape index (κ2) is 5.24. The van der Waals surface area contributed by atoms with Gasteiger partial charge in [0.15, 0.2) is 0 Å². The van der Waals surface area contributed by atoms with Gasteiger partial charge in [0.25, 0.3) is 0 Å². The fourth-order valence-electron chi connectivity index (χ4n) is 1.59. The summed E-state index contributed by atoms with van der Waals surface area (Å²) in [5.74, 6) is -1.19. The van der Waals surface area contributed by atoms with Gasteiger partial charge in [0, 0.05) is 13.0 Å². The zero-order chi connectivity index (χ0) is 11.4. The van der Waals surface area contributed by atoms with E-state index in [2.05, 4.69) is 0 Å². The molecule has 84 valence electrons. The maximum absolute atomic E-state index is 12.2. The topological polar surface area (TPSA) is 63.3 Å². The Morgan fingerprint density at radius 2 is 1.93 bits per heavy atom. The molecule has 0 aliphatic carbocycles. The van der Waals surface area contributed by atoms with E-state index in [9.17, 15) is 13.6 Å². The lowest BCUT2D eigenvalue weighted by Crippen LogP contribution is -2.41. The van der Waals surface area contributed by atoms with Crippen molar-refractivity contribution in [2.24, 2.45) is 17.1 Å². The van der Waals surface area contributed by atoms with E-state index in [1.165, 1.54) is 0 Å². The molecule has 0 aromatic heterocycles. The van der Waals surface area contributed by atoms with Crippen LogP contribution in [0.15, 0.2) is 0 Å². The van der Waals surface area contributed by atoms with E-state index in [4.69, 9.17) is 10.8 Å². The molecule has 0 aromatic rings. The van der Waals surface area contributed by atoms with E-state index in [-0.39, 0.29) is 18.9 Å². The molecule has 5 heteroatoms. The van der Waals surface area contributed by atoms with Gasteiger partial charge in [0.2, 0.25) is 6.43 Å². The van der Waals surface area contributed by atoms with Gasteiger partial charge >= 0.3 is 5.97 Å². The van der Waals surface area contributed by atoms with E-state index >= 15 is 0 Å². The van der Waals surface area contributed by atoms with Gasteiger partial charge < -0.3 is 10.8 Å². The molecule has 0 aromatic carbocycles. The van der Waals surface area contributed by atoms with Crippen LogP contribution in [0.3, 0.4) is 0 Å². The molecule has 0 spiro atoms. The number of carboxylic acids is 1. The first-order valence-corrected chi connectivity index (χ1v) is 4.55. The van der Waals surface area contributed by atoms with Crippen LogP contribution >= 0.6 is 0 Å². The Kier molecular flexibility index (Phi) is 4.97. The fourth-order valence-corrected chi connectivity index (χ4v) is 1.59. The number of alkyl halides is 2. The van der Waals surface area contributed by atoms with Crippen LogP contribution in [-0.2, 0) is 4.79 Å². The van der Waals surface area contributed by atoms with Crippen LogP contribution in [0.5, 0.6) is 0 Å². The highest BCUT2D eigenvalue weighted by atomic mass is 19.3. The summed E-state index contributed by atoms with van der Waals surface area (Å²) in [7, 11) is 0. The molecule has 0 bridgehead atoms. The van der Waals surface area contributed by atoms with Crippen LogP contribution in [0.25, 0.3) is 0 Å². The third kappa shape index (κ3) is 3.57. The van der Waals surface area contributed by atoms with E-state index in [1.54, 1.807) is 13.8 Å². The Morgan fingerprint density at radius 1 is 1.43 bits per heavy atom. The summed E-state index contributed by atoms with van der Waals surface area (Å²) < 4.78 is 24.4. The van der Waals surface area contributed by atoms with Crippen molar-refractivity contribution in [3.63, 3.8) is 0 Å². The van der Waals surface area contributed by atoms with Crippen LogP contribution in [0.2, 0.25) is 0 Å². The highest BCUT2D eigenvalue weighted by Gasteiger charge is 2.40. The smallest absolute Gasteiger partial charge is 0.311 e. The lowest BCUT2D eigenvalue weighted by molar-refractivity contribution is -0.152. The average molecular weight is 209 g/mol. The second-order valence-electron chi connectivity index (χ2n) is 3.98. The molecule has 0 saturated heterocycles. The number of aliphatic carboxylic acids is 1. The maximum atomic E-state index is 12.2. The van der Waals surface area contributed by atoms with Crippen LogP contribution in [0.1, 0.15) is 26.7 Å². The van der Waals surface area contributed by atoms with Gasteiger partial charge in [-0.05, 0) is 12.3 Å². The fraction of sp³-hybridized carbons (Fsp3) is 0.889. The zero-order valence-corrected chi connectivity index (χ0v) is 8.46. The van der Waals surface area contributed by atoms with Gasteiger partial charge in [-0.3, -0.25) is 4.79 Å². The molecule has 0 heterocycles. The Labute approximate surface area is 82.3 Å². The molecule has 3 nitrogen and oxygen atoms in total. The predicted octanol–water partition coefficient (Wildman–Crippen LogP) is 1.72. The largest absolute Gasteiger partial charge is 0.481 e. The molecule has 0 rings (SSSR count). The van der Waals surface area contributed by atoms with Gasteiger partial charge in [-0.1, -0.05) is 13.8 Å². The minimum absolute atomic E-state index is 0.0356. The molecule has 0 saturated carbocycles. The first-order chi connectivity index (χ1) is 6.34. The van der Waals surface area contributed by atoms with Crippen molar-refractivity contribution in [2.45, 2.75) is 33.1 Å². The van der Waals surface area contributed by atoms with Gasteiger partial charge in [0.05, 0.1) is 5.41 Å². The minimum Gasteiger partial charge on any atom is -0.481 e. The lowest BCUT2D eigenvalue weighted by atomic mass is 9.77. The van der Waals surface area contributed by atoms with Crippen LogP contribution in [0.4, 0.5) is 8.78 Å². The van der Waals surface area contributed by atoms with Crippen LogP contribution < -0.4 is 5.73 Å². The van der Waals surface area contributed by atoms with Crippen LogP contribution in [-0.4, -0.2) is 24.0 Å². The summed E-state index contributed by atoms with van der Waals surface area (Å²) in [6, 6.07) is 0. The maximum Gasteiger partial charge on any atom is 0.311 e. The molecule has 1 atom stereocenters. The molecular weight excluding hydrogens is 192 g/mol. The van der Waals surface area contributed by atoms with E-state index in [1.807, 2.05) is 0 Å². The van der Waals surface area contributed by atoms with Crippen molar-refractivity contribution in [3.05, 3.63) is 0 Å². The molecule has 1 unspecified atom stereocenters. The third-order valence-corrected chi connectivity index (χ3v) is 2.19. The van der Waals surface area contributed by atoms with Crippen molar-refractivity contribution in [2.75, 3.05) is 6.54 Å². The highest BCUT2D eigenvalue weighted by Crippen LogP contribution is 2.32. The molecule has 0 amide bonds. The number of carboxylic acid groups (broad SMARTS) is 1. The quantitative estimate of drug-likeness (QED) is 0.700. The van der Waals surface area contributed by atoms with Crippen LogP contribution in [0, 0.1) is 11.3 Å². The normalized spacial score (nSPS) is 15.9. The average Bonchev–Trinajstić information content (AvgIpc) is 2.00. The van der Waals surface area contributed by atoms with Crippen molar-refractivity contribution in [3.8, 4) is 0 Å². The first kappa shape index (κ1) is 13.3. The number of rotatable bonds is 6. The minimum atomic E-state index is -2.63. The monoisotopic (exact) mass is 209 g/mol. The summed E-state index contributed by atoms with van der Waals surface area (Å²) >= 11 is 0. The summed E-state index contributed by atoms with van der Waals surface area (Å²) in [6.45, 7) is 3.34. The second-order valence-corrected chi connectivity index (χ2v) is 3.98. The van der Waals surface area contributed by atoms with E-state index in [0.29, 0.717) is 0 Å². The third-order valence-electron chi connectivity index (χ3n) is 2.19. The summed E-state index contributed by atoms with van der Waals surface area (Å²) in [5, 5.41) is 8.91. The van der Waals surface area contributed by atoms with Crippen molar-refractivity contribution >= 4 is 5.97 Å². The van der Waals surface area contributed by atoms with Gasteiger partial charge in [-0.2, -0.15) is 0 Å². The standard InChI is InChI=1S/C9H17F2NO2/c1-6(2)3-9(5-12,8(13)14)4-7(10)11/h6-7H,3-5,12H2,1-2H3,(H,13,14). The molecular formula is C9H17F2NO2. The highest BCUT2D eigenvalue weighted by molar-refractivity contribution is 5.75. The molecule has 0 radical (unpaired) electrons. The van der Waals surface area contributed by atoms with Gasteiger partial charge in [0.1, 0.15) is 0 Å². The SMILES string of the molecule is CC(C)CC(CN)(CC(F)F)C(=O)O. The number of hydrogen-bond acceptors (Lipinski definition) is 2. The molecule has 0 aliphatic heterocycles. The van der Waals surface area contributed by atoms with E-state index < -0.39 is 24.2 Å².